The normalized spacial score (nSPS) is 9.50. The predicted octanol–water partition coefficient (Wildman–Crippen LogP) is 2.08. The van der Waals surface area contributed by atoms with Gasteiger partial charge in [-0.25, -0.2) is 0 Å². The molecule has 1 aromatic carbocycles. The highest BCUT2D eigenvalue weighted by atomic mass is 79.9. The van der Waals surface area contributed by atoms with E-state index in [-0.39, 0.29) is 5.46 Å². The van der Waals surface area contributed by atoms with Crippen molar-refractivity contribution >= 4 is 28.7 Å². The van der Waals surface area contributed by atoms with Crippen molar-refractivity contribution in [3.8, 4) is 0 Å². The molecule has 0 aromatic heterocycles. The van der Waals surface area contributed by atoms with E-state index in [0.29, 0.717) is 4.47 Å². The maximum atomic E-state index is 11.9. The van der Waals surface area contributed by atoms with Crippen LogP contribution in [0.2, 0.25) is 0 Å². The molecule has 0 N–H and O–H groups in total. The van der Waals surface area contributed by atoms with Gasteiger partial charge in [-0.3, -0.25) is 8.63 Å². The van der Waals surface area contributed by atoms with Crippen molar-refractivity contribution in [2.75, 3.05) is 0 Å². The van der Waals surface area contributed by atoms with Crippen LogP contribution in [0.25, 0.3) is 0 Å². The van der Waals surface area contributed by atoms with Crippen molar-refractivity contribution in [2.45, 2.75) is 0 Å². The predicted molar refractivity (Wildman–Crippen MR) is 41.7 cm³/mol. The first-order valence-corrected chi connectivity index (χ1v) is 3.53. The Morgan fingerprint density at radius 2 is 2.00 bits per heavy atom. The Hall–Kier alpha value is -0.375. The van der Waals surface area contributed by atoms with Gasteiger partial charge >= 0.3 is 7.27 Å². The van der Waals surface area contributed by atoms with Gasteiger partial charge in [0.1, 0.15) is 0 Å². The molecule has 10 heavy (non-hydrogen) atoms. The largest absolute Gasteiger partial charge is 0.572 e. The average Bonchev–Trinajstić information content (AvgIpc) is 1.88. The van der Waals surface area contributed by atoms with Crippen LogP contribution in [0.15, 0.2) is 28.7 Å². The van der Waals surface area contributed by atoms with E-state index >= 15 is 0 Å². The van der Waals surface area contributed by atoms with Crippen LogP contribution in [0.4, 0.5) is 8.63 Å². The second-order valence-electron chi connectivity index (χ2n) is 1.86. The Labute approximate surface area is 66.6 Å². The lowest BCUT2D eigenvalue weighted by Gasteiger charge is -1.94. The van der Waals surface area contributed by atoms with Gasteiger partial charge in [-0.2, -0.15) is 0 Å². The fourth-order valence-corrected chi connectivity index (χ4v) is 1.06. The molecule has 1 aromatic rings. The smallest absolute Gasteiger partial charge is 0.281 e. The summed E-state index contributed by atoms with van der Waals surface area (Å²) >= 11 is 3.10. The van der Waals surface area contributed by atoms with Gasteiger partial charge in [0.25, 0.3) is 0 Å². The molecule has 0 heterocycles. The van der Waals surface area contributed by atoms with Crippen molar-refractivity contribution in [3.63, 3.8) is 0 Å². The lowest BCUT2D eigenvalue weighted by molar-refractivity contribution is 0.685. The Balaban J connectivity index is 2.96. The fourth-order valence-electron chi connectivity index (χ4n) is 0.642. The summed E-state index contributed by atoms with van der Waals surface area (Å²) in [5.74, 6) is 0. The molecule has 52 valence electrons. The third kappa shape index (κ3) is 1.80. The topological polar surface area (TPSA) is 0 Å². The molecule has 0 aliphatic rings. The average molecular weight is 205 g/mol. The van der Waals surface area contributed by atoms with Crippen molar-refractivity contribution in [3.05, 3.63) is 28.7 Å². The van der Waals surface area contributed by atoms with Gasteiger partial charge in [0.05, 0.1) is 0 Å². The van der Waals surface area contributed by atoms with Crippen LogP contribution in [-0.4, -0.2) is 7.27 Å². The number of halogens is 3. The molecule has 0 fully saturated rings. The standard InChI is InChI=1S/C6H4BBrF2/c8-6-3-1-2-5(4-6)7(9)10/h1-4H. The Morgan fingerprint density at radius 3 is 2.40 bits per heavy atom. The summed E-state index contributed by atoms with van der Waals surface area (Å²) in [7, 11) is -2.38. The third-order valence-electron chi connectivity index (χ3n) is 1.10. The van der Waals surface area contributed by atoms with Crippen LogP contribution < -0.4 is 5.46 Å². The Morgan fingerprint density at radius 1 is 1.30 bits per heavy atom. The molecule has 0 unspecified atom stereocenters. The second kappa shape index (κ2) is 3.15. The van der Waals surface area contributed by atoms with Crippen LogP contribution in [0.5, 0.6) is 0 Å². The summed E-state index contributed by atoms with van der Waals surface area (Å²) in [6.07, 6.45) is 0. The highest BCUT2D eigenvalue weighted by molar-refractivity contribution is 9.10. The molecular formula is C6H4BBrF2. The molecule has 0 amide bonds. The van der Waals surface area contributed by atoms with Gasteiger partial charge in [-0.1, -0.05) is 28.1 Å². The molecule has 0 atom stereocenters. The third-order valence-corrected chi connectivity index (χ3v) is 1.59. The first-order chi connectivity index (χ1) is 4.70. The van der Waals surface area contributed by atoms with E-state index in [0.717, 1.165) is 0 Å². The number of hydrogen-bond acceptors (Lipinski definition) is 0. The first-order valence-electron chi connectivity index (χ1n) is 2.74. The monoisotopic (exact) mass is 204 g/mol. The van der Waals surface area contributed by atoms with Crippen LogP contribution in [-0.2, 0) is 0 Å². The summed E-state index contributed by atoms with van der Waals surface area (Å²) in [5.41, 5.74) is 0.0503. The zero-order valence-corrected chi connectivity index (χ0v) is 6.61. The number of hydrogen-bond donors (Lipinski definition) is 0. The Bertz CT molecular complexity index is 227. The molecule has 0 radical (unpaired) electrons. The van der Waals surface area contributed by atoms with Gasteiger partial charge < -0.3 is 0 Å². The van der Waals surface area contributed by atoms with E-state index in [9.17, 15) is 8.63 Å². The molecule has 0 nitrogen and oxygen atoms in total. The van der Waals surface area contributed by atoms with Gasteiger partial charge in [0.2, 0.25) is 0 Å². The number of benzene rings is 1. The van der Waals surface area contributed by atoms with E-state index < -0.39 is 7.27 Å². The Kier molecular flexibility index (Phi) is 2.43. The molecule has 0 saturated carbocycles. The number of rotatable bonds is 1. The summed E-state index contributed by atoms with van der Waals surface area (Å²) in [4.78, 5) is 0. The van der Waals surface area contributed by atoms with E-state index in [1.54, 1.807) is 12.1 Å². The SMILES string of the molecule is FB(F)c1cccc(Br)c1. The van der Waals surface area contributed by atoms with Gasteiger partial charge in [-0.15, -0.1) is 0 Å². The molecule has 0 saturated heterocycles. The lowest BCUT2D eigenvalue weighted by atomic mass is 9.86. The van der Waals surface area contributed by atoms with Crippen LogP contribution in [0.3, 0.4) is 0 Å². The molecule has 0 aliphatic carbocycles. The highest BCUT2D eigenvalue weighted by Gasteiger charge is 2.14. The fraction of sp³-hybridized carbons (Fsp3) is 0. The molecule has 0 spiro atoms. The lowest BCUT2D eigenvalue weighted by Crippen LogP contribution is -2.19. The molecule has 0 aliphatic heterocycles. The minimum absolute atomic E-state index is 0.0503. The van der Waals surface area contributed by atoms with Crippen molar-refractivity contribution < 1.29 is 8.63 Å². The molecular weight excluding hydrogens is 201 g/mol. The second-order valence-corrected chi connectivity index (χ2v) is 2.77. The molecule has 0 bridgehead atoms. The van der Waals surface area contributed by atoms with Crippen LogP contribution in [0.1, 0.15) is 0 Å². The maximum absolute atomic E-state index is 11.9. The van der Waals surface area contributed by atoms with Gasteiger partial charge in [0, 0.05) is 4.47 Å². The minimum Gasteiger partial charge on any atom is -0.281 e. The summed E-state index contributed by atoms with van der Waals surface area (Å²) in [6.45, 7) is 0. The maximum Gasteiger partial charge on any atom is 0.572 e. The van der Waals surface area contributed by atoms with Crippen molar-refractivity contribution in [1.29, 1.82) is 0 Å². The van der Waals surface area contributed by atoms with Gasteiger partial charge in [0.15, 0.2) is 0 Å². The van der Waals surface area contributed by atoms with Crippen LogP contribution >= 0.6 is 15.9 Å². The summed E-state index contributed by atoms with van der Waals surface area (Å²) in [6, 6.07) is 6.11. The van der Waals surface area contributed by atoms with E-state index in [4.69, 9.17) is 0 Å². The molecule has 1 rings (SSSR count). The highest BCUT2D eigenvalue weighted by Crippen LogP contribution is 2.06. The van der Waals surface area contributed by atoms with Gasteiger partial charge in [-0.05, 0) is 17.6 Å². The first kappa shape index (κ1) is 7.73. The van der Waals surface area contributed by atoms with E-state index in [1.807, 2.05) is 0 Å². The van der Waals surface area contributed by atoms with Crippen molar-refractivity contribution in [2.24, 2.45) is 0 Å². The quantitative estimate of drug-likeness (QED) is 0.615. The van der Waals surface area contributed by atoms with Crippen LogP contribution in [0, 0.1) is 0 Å². The minimum atomic E-state index is -2.38. The van der Waals surface area contributed by atoms with E-state index in [1.165, 1.54) is 12.1 Å². The summed E-state index contributed by atoms with van der Waals surface area (Å²) < 4.78 is 24.5. The zero-order chi connectivity index (χ0) is 7.56. The molecule has 4 heteroatoms. The summed E-state index contributed by atoms with van der Waals surface area (Å²) in [5, 5.41) is 0. The van der Waals surface area contributed by atoms with E-state index in [2.05, 4.69) is 15.9 Å². The zero-order valence-electron chi connectivity index (χ0n) is 5.02. The van der Waals surface area contributed by atoms with Crippen molar-refractivity contribution in [1.82, 2.24) is 0 Å².